The van der Waals surface area contributed by atoms with Gasteiger partial charge >= 0.3 is 0 Å². The average Bonchev–Trinajstić information content (AvgIpc) is 3.01. The van der Waals surface area contributed by atoms with E-state index < -0.39 is 0 Å². The molecule has 0 bridgehead atoms. The summed E-state index contributed by atoms with van der Waals surface area (Å²) in [5, 5.41) is 0. The van der Waals surface area contributed by atoms with E-state index in [2.05, 4.69) is 116 Å². The summed E-state index contributed by atoms with van der Waals surface area (Å²) in [6.07, 6.45) is 0. The molecule has 0 unspecified atom stereocenters. The van der Waals surface area contributed by atoms with E-state index in [1.807, 2.05) is 12.1 Å². The van der Waals surface area contributed by atoms with Gasteiger partial charge in [0, 0.05) is 15.6 Å². The molecule has 0 fully saturated rings. The molecular weight excluding hydrogens is 454 g/mol. The summed E-state index contributed by atoms with van der Waals surface area (Å²) in [5.74, 6) is 0. The van der Waals surface area contributed by atoms with Crippen LogP contribution in [0.15, 0.2) is 94.4 Å². The van der Waals surface area contributed by atoms with E-state index in [0.29, 0.717) is 0 Å². The number of hydrogen-bond acceptors (Lipinski definition) is 1. The van der Waals surface area contributed by atoms with Crippen LogP contribution in [-0.2, 0) is 5.41 Å². The van der Waals surface area contributed by atoms with Gasteiger partial charge < -0.3 is 0 Å². The normalized spacial score (nSPS) is 14.2. The van der Waals surface area contributed by atoms with Gasteiger partial charge in [-0.05, 0) is 82.6 Å². The molecule has 0 aromatic heterocycles. The van der Waals surface area contributed by atoms with Gasteiger partial charge in [0.1, 0.15) is 0 Å². The van der Waals surface area contributed by atoms with Crippen LogP contribution in [0.3, 0.4) is 0 Å². The third-order valence-corrected chi connectivity index (χ3v) is 7.17. The maximum atomic E-state index is 4.84. The van der Waals surface area contributed by atoms with Gasteiger partial charge in [0.15, 0.2) is 0 Å². The van der Waals surface area contributed by atoms with E-state index in [-0.39, 0.29) is 5.41 Å². The highest BCUT2D eigenvalue weighted by atomic mass is 79.9. The molecule has 0 saturated heterocycles. The topological polar surface area (TPSA) is 12.4 Å². The summed E-state index contributed by atoms with van der Waals surface area (Å²) >= 11 is 3.65. The first-order valence-corrected chi connectivity index (χ1v) is 11.8. The Morgan fingerprint density at radius 3 is 2.09 bits per heavy atom. The number of aryl methyl sites for hydroxylation is 1. The second kappa shape index (κ2) is 7.86. The van der Waals surface area contributed by atoms with Gasteiger partial charge in [-0.1, -0.05) is 90.4 Å². The quantitative estimate of drug-likeness (QED) is 0.260. The van der Waals surface area contributed by atoms with Crippen LogP contribution in [0.2, 0.25) is 0 Å². The monoisotopic (exact) mass is 479 g/mol. The van der Waals surface area contributed by atoms with Crippen molar-refractivity contribution in [3.8, 4) is 22.3 Å². The summed E-state index contributed by atoms with van der Waals surface area (Å²) < 4.78 is 1.13. The molecule has 0 radical (unpaired) electrons. The predicted molar refractivity (Wildman–Crippen MR) is 140 cm³/mol. The maximum Gasteiger partial charge on any atom is 0.0662 e. The smallest absolute Gasteiger partial charge is 0.0662 e. The molecule has 1 nitrogen and oxygen atoms in total. The first-order valence-electron chi connectivity index (χ1n) is 11.0. The fraction of sp³-hybridized carbons (Fsp3) is 0.167. The van der Waals surface area contributed by atoms with Crippen LogP contribution in [0.25, 0.3) is 22.3 Å². The maximum absolute atomic E-state index is 4.84. The molecule has 158 valence electrons. The van der Waals surface area contributed by atoms with E-state index in [0.717, 1.165) is 21.4 Å². The number of halogens is 1. The minimum atomic E-state index is -0.0127. The van der Waals surface area contributed by atoms with Gasteiger partial charge in [-0.2, -0.15) is 0 Å². The van der Waals surface area contributed by atoms with Crippen molar-refractivity contribution < 1.29 is 0 Å². The predicted octanol–water partition coefficient (Wildman–Crippen LogP) is 8.87. The van der Waals surface area contributed by atoms with E-state index in [1.54, 1.807) is 0 Å². The number of hydrogen-bond donors (Lipinski definition) is 0. The molecule has 1 aliphatic rings. The molecular formula is C30H26BrN. The third kappa shape index (κ3) is 3.53. The van der Waals surface area contributed by atoms with Gasteiger partial charge in [-0.15, -0.1) is 0 Å². The summed E-state index contributed by atoms with van der Waals surface area (Å²) in [5.41, 5.74) is 12.3. The molecule has 4 aromatic rings. The third-order valence-electron chi connectivity index (χ3n) is 6.68. The molecule has 0 amide bonds. The lowest BCUT2D eigenvalue weighted by Gasteiger charge is -2.22. The van der Waals surface area contributed by atoms with Crippen molar-refractivity contribution in [2.75, 3.05) is 0 Å². The molecule has 0 spiro atoms. The Bertz CT molecular complexity index is 1360. The molecule has 0 heterocycles. The van der Waals surface area contributed by atoms with Crippen molar-refractivity contribution in [2.24, 2.45) is 4.99 Å². The molecule has 32 heavy (non-hydrogen) atoms. The summed E-state index contributed by atoms with van der Waals surface area (Å²) in [6, 6.07) is 30.6. The molecule has 0 atom stereocenters. The number of nitrogens with zero attached hydrogens (tertiary/aromatic N) is 1. The summed E-state index contributed by atoms with van der Waals surface area (Å²) in [6.45, 7) is 8.82. The van der Waals surface area contributed by atoms with E-state index in [9.17, 15) is 0 Å². The lowest BCUT2D eigenvalue weighted by molar-refractivity contribution is 0.660. The van der Waals surface area contributed by atoms with E-state index in [1.165, 1.54) is 38.9 Å². The minimum absolute atomic E-state index is 0.0127. The van der Waals surface area contributed by atoms with Crippen molar-refractivity contribution in [3.05, 3.63) is 112 Å². The number of fused-ring (bicyclic) bond motifs is 3. The van der Waals surface area contributed by atoms with Crippen molar-refractivity contribution in [1.29, 1.82) is 0 Å². The zero-order chi connectivity index (χ0) is 22.5. The molecule has 0 N–H and O–H groups in total. The van der Waals surface area contributed by atoms with Crippen LogP contribution in [0.1, 0.15) is 43.0 Å². The Labute approximate surface area is 199 Å². The Balaban J connectivity index is 1.48. The molecule has 0 aliphatic heterocycles. The molecule has 2 heteroatoms. The summed E-state index contributed by atoms with van der Waals surface area (Å²) in [7, 11) is 0. The standard InChI is InChI=1S/C30H26BrN/c1-19-7-5-6-8-29(19)32-20(2)21-9-11-22(12-10-21)23-13-15-25-26-16-14-24(31)18-28(26)30(3,4)27(25)17-23/h5-18H,1-4H3. The van der Waals surface area contributed by atoms with Crippen LogP contribution >= 0.6 is 15.9 Å². The van der Waals surface area contributed by atoms with Gasteiger partial charge in [-0.25, -0.2) is 0 Å². The van der Waals surface area contributed by atoms with Crippen LogP contribution in [0.4, 0.5) is 5.69 Å². The zero-order valence-electron chi connectivity index (χ0n) is 18.9. The van der Waals surface area contributed by atoms with Crippen LogP contribution < -0.4 is 0 Å². The fourth-order valence-electron chi connectivity index (χ4n) is 4.73. The highest BCUT2D eigenvalue weighted by Crippen LogP contribution is 2.50. The number of benzene rings is 4. The zero-order valence-corrected chi connectivity index (χ0v) is 20.5. The number of para-hydroxylation sites is 1. The number of aliphatic imine (C=N–C) groups is 1. The summed E-state index contributed by atoms with van der Waals surface area (Å²) in [4.78, 5) is 4.84. The Hall–Kier alpha value is -2.97. The average molecular weight is 480 g/mol. The van der Waals surface area contributed by atoms with Crippen LogP contribution in [0.5, 0.6) is 0 Å². The van der Waals surface area contributed by atoms with Gasteiger partial charge in [0.05, 0.1) is 5.69 Å². The second-order valence-electron chi connectivity index (χ2n) is 9.14. The van der Waals surface area contributed by atoms with E-state index in [4.69, 9.17) is 4.99 Å². The Kier molecular flexibility index (Phi) is 5.14. The lowest BCUT2D eigenvalue weighted by atomic mass is 9.81. The highest BCUT2D eigenvalue weighted by Gasteiger charge is 2.35. The van der Waals surface area contributed by atoms with Crippen molar-refractivity contribution >= 4 is 27.3 Å². The van der Waals surface area contributed by atoms with Crippen molar-refractivity contribution in [2.45, 2.75) is 33.1 Å². The highest BCUT2D eigenvalue weighted by molar-refractivity contribution is 9.10. The lowest BCUT2D eigenvalue weighted by Crippen LogP contribution is -2.15. The van der Waals surface area contributed by atoms with Crippen LogP contribution in [0, 0.1) is 6.92 Å². The van der Waals surface area contributed by atoms with Crippen molar-refractivity contribution in [3.63, 3.8) is 0 Å². The minimum Gasteiger partial charge on any atom is -0.253 e. The van der Waals surface area contributed by atoms with Gasteiger partial charge in [0.25, 0.3) is 0 Å². The largest absolute Gasteiger partial charge is 0.253 e. The Morgan fingerprint density at radius 2 is 1.38 bits per heavy atom. The van der Waals surface area contributed by atoms with Crippen molar-refractivity contribution in [1.82, 2.24) is 0 Å². The Morgan fingerprint density at radius 1 is 0.750 bits per heavy atom. The molecule has 0 saturated carbocycles. The van der Waals surface area contributed by atoms with E-state index >= 15 is 0 Å². The van der Waals surface area contributed by atoms with Crippen LogP contribution in [-0.4, -0.2) is 5.71 Å². The van der Waals surface area contributed by atoms with Gasteiger partial charge in [-0.3, -0.25) is 4.99 Å². The SMILES string of the molecule is CC(=Nc1ccccc1C)c1ccc(-c2ccc3c(c2)C(C)(C)c2cc(Br)ccc2-3)cc1. The van der Waals surface area contributed by atoms with Gasteiger partial charge in [0.2, 0.25) is 0 Å². The molecule has 1 aliphatic carbocycles. The molecule has 4 aromatic carbocycles. The fourth-order valence-corrected chi connectivity index (χ4v) is 5.09. The molecule has 5 rings (SSSR count). The first kappa shape index (κ1) is 20.9. The number of rotatable bonds is 3. The second-order valence-corrected chi connectivity index (χ2v) is 10.1. The first-order chi connectivity index (χ1) is 15.3.